The highest BCUT2D eigenvalue weighted by Gasteiger charge is 2.65. The molecule has 0 aromatic rings. The van der Waals surface area contributed by atoms with Crippen LogP contribution in [0.4, 0.5) is 0 Å². The summed E-state index contributed by atoms with van der Waals surface area (Å²) in [5.41, 5.74) is 4.82. The molecule has 6 heteroatoms. The van der Waals surface area contributed by atoms with Crippen LogP contribution in [0, 0.1) is 16.7 Å². The third-order valence-corrected chi connectivity index (χ3v) is 7.68. The molecule has 0 aromatic heterocycles. The molecule has 0 amide bonds. The third kappa shape index (κ3) is 2.35. The van der Waals surface area contributed by atoms with Crippen LogP contribution in [-0.2, 0) is 19.1 Å². The number of hydrogen-bond acceptors (Lipinski definition) is 5. The van der Waals surface area contributed by atoms with Crippen LogP contribution in [0.5, 0.6) is 0 Å². The van der Waals surface area contributed by atoms with Crippen LogP contribution in [0.15, 0.2) is 0 Å². The summed E-state index contributed by atoms with van der Waals surface area (Å²) in [6, 6.07) is 0.0313. The van der Waals surface area contributed by atoms with Crippen LogP contribution in [0.3, 0.4) is 0 Å². The van der Waals surface area contributed by atoms with Gasteiger partial charge in [0.1, 0.15) is 5.78 Å². The molecular weight excluding hydrogens is 290 g/mol. The van der Waals surface area contributed by atoms with Crippen molar-refractivity contribution >= 4 is 15.9 Å². The number of hydrogen-bond donors (Lipinski definition) is 1. The Kier molecular flexibility index (Phi) is 3.50. The van der Waals surface area contributed by atoms with Crippen LogP contribution in [0.2, 0.25) is 0 Å². The zero-order valence-corrected chi connectivity index (χ0v) is 13.6. The Labute approximate surface area is 126 Å². The molecule has 3 rings (SSSR count). The summed E-state index contributed by atoms with van der Waals surface area (Å²) in [4.78, 5) is 12.4. The predicted octanol–water partition coefficient (Wildman–Crippen LogP) is 1.61. The van der Waals surface area contributed by atoms with Gasteiger partial charge in [-0.1, -0.05) is 13.8 Å². The summed E-state index contributed by atoms with van der Waals surface area (Å²) in [7, 11) is -3.70. The maximum absolute atomic E-state index is 12.4. The average molecular weight is 315 g/mol. The molecule has 0 saturated heterocycles. The van der Waals surface area contributed by atoms with Crippen molar-refractivity contribution in [2.45, 2.75) is 64.5 Å². The third-order valence-electron chi connectivity index (χ3n) is 6.27. The minimum absolute atomic E-state index is 0.0313. The van der Waals surface area contributed by atoms with E-state index in [4.69, 9.17) is 9.92 Å². The summed E-state index contributed by atoms with van der Waals surface area (Å²) in [5.74, 6) is 0.271. The Morgan fingerprint density at radius 1 is 1.29 bits per heavy atom. The Bertz CT molecular complexity index is 556. The van der Waals surface area contributed by atoms with Crippen molar-refractivity contribution in [1.82, 2.24) is 0 Å². The largest absolute Gasteiger partial charge is 0.328 e. The van der Waals surface area contributed by atoms with Crippen molar-refractivity contribution in [3.05, 3.63) is 0 Å². The van der Waals surface area contributed by atoms with Gasteiger partial charge in [0.05, 0.1) is 17.3 Å². The quantitative estimate of drug-likeness (QED) is 0.796. The molecule has 2 unspecified atom stereocenters. The standard InChI is InChI=1S/C15H25NO4S/c1-14(2)10-5-6-15(14,13(17)7-10)9-21(18,19)20-12-4-3-11(16)8-12/h10-12H,3-9,16H2,1-2H3/t10?,11-,12+,15?/m0/s1. The van der Waals surface area contributed by atoms with Gasteiger partial charge >= 0.3 is 0 Å². The van der Waals surface area contributed by atoms with Crippen molar-refractivity contribution in [2.24, 2.45) is 22.5 Å². The smallest absolute Gasteiger partial charge is 0.268 e. The van der Waals surface area contributed by atoms with E-state index in [1.54, 1.807) is 0 Å². The maximum Gasteiger partial charge on any atom is 0.268 e. The van der Waals surface area contributed by atoms with Crippen molar-refractivity contribution in [2.75, 3.05) is 5.75 Å². The van der Waals surface area contributed by atoms with E-state index in [-0.39, 0.29) is 29.1 Å². The van der Waals surface area contributed by atoms with Crippen molar-refractivity contribution in [1.29, 1.82) is 0 Å². The minimum atomic E-state index is -3.70. The molecule has 0 aliphatic heterocycles. The molecule has 2 N–H and O–H groups in total. The molecule has 3 aliphatic rings. The Morgan fingerprint density at radius 3 is 2.48 bits per heavy atom. The summed E-state index contributed by atoms with van der Waals surface area (Å²) in [6.07, 6.45) is 3.92. The second-order valence-corrected chi connectivity index (χ2v) is 9.26. The lowest BCUT2D eigenvalue weighted by molar-refractivity contribution is -0.128. The van der Waals surface area contributed by atoms with Crippen molar-refractivity contribution in [3.8, 4) is 0 Å². The van der Waals surface area contributed by atoms with E-state index in [0.29, 0.717) is 31.6 Å². The van der Waals surface area contributed by atoms with Crippen LogP contribution in [0.25, 0.3) is 0 Å². The second-order valence-electron chi connectivity index (χ2n) is 7.66. The topological polar surface area (TPSA) is 86.5 Å². The molecule has 21 heavy (non-hydrogen) atoms. The van der Waals surface area contributed by atoms with E-state index >= 15 is 0 Å². The van der Waals surface area contributed by atoms with Crippen LogP contribution >= 0.6 is 0 Å². The molecule has 3 fully saturated rings. The first-order valence-corrected chi connectivity index (χ1v) is 9.44. The number of ketones is 1. The highest BCUT2D eigenvalue weighted by molar-refractivity contribution is 7.86. The molecule has 0 radical (unpaired) electrons. The molecule has 2 bridgehead atoms. The van der Waals surface area contributed by atoms with E-state index < -0.39 is 15.5 Å². The van der Waals surface area contributed by atoms with Crippen LogP contribution in [0.1, 0.15) is 52.4 Å². The van der Waals surface area contributed by atoms with Crippen LogP contribution < -0.4 is 5.73 Å². The molecule has 0 aromatic carbocycles. The monoisotopic (exact) mass is 315 g/mol. The number of fused-ring (bicyclic) bond motifs is 2. The molecular formula is C15H25NO4S. The first kappa shape index (κ1) is 15.4. The summed E-state index contributed by atoms with van der Waals surface area (Å²) in [5, 5.41) is 0. The second kappa shape index (κ2) is 4.77. The van der Waals surface area contributed by atoms with Gasteiger partial charge in [-0.2, -0.15) is 8.42 Å². The van der Waals surface area contributed by atoms with E-state index in [0.717, 1.165) is 12.8 Å². The average Bonchev–Trinajstić information content (AvgIpc) is 2.89. The minimum Gasteiger partial charge on any atom is -0.328 e. The number of Topliss-reactive ketones (excluding diaryl/α,β-unsaturated/α-hetero) is 1. The normalized spacial score (nSPS) is 41.9. The number of carbonyl (C=O) groups excluding carboxylic acids is 1. The van der Waals surface area contributed by atoms with E-state index in [1.165, 1.54) is 0 Å². The molecule has 4 atom stereocenters. The molecule has 3 aliphatic carbocycles. The van der Waals surface area contributed by atoms with E-state index in [1.807, 2.05) is 13.8 Å². The van der Waals surface area contributed by atoms with Crippen LogP contribution in [-0.4, -0.2) is 32.1 Å². The van der Waals surface area contributed by atoms with Gasteiger partial charge in [-0.3, -0.25) is 8.98 Å². The summed E-state index contributed by atoms with van der Waals surface area (Å²) >= 11 is 0. The first-order valence-electron chi connectivity index (χ1n) is 7.86. The Morgan fingerprint density at radius 2 is 2.00 bits per heavy atom. The van der Waals surface area contributed by atoms with Gasteiger partial charge in [-0.05, 0) is 43.4 Å². The molecule has 3 saturated carbocycles. The first-order chi connectivity index (χ1) is 9.66. The Hall–Kier alpha value is -0.460. The molecule has 0 heterocycles. The SMILES string of the molecule is CC1(C)C2CCC1(CS(=O)(=O)O[C@@H]1CC[C@H](N)C1)C(=O)C2. The van der Waals surface area contributed by atoms with Gasteiger partial charge in [-0.25, -0.2) is 0 Å². The van der Waals surface area contributed by atoms with Gasteiger partial charge in [0.2, 0.25) is 0 Å². The fourth-order valence-electron chi connectivity index (χ4n) is 4.71. The number of carbonyl (C=O) groups is 1. The van der Waals surface area contributed by atoms with Crippen molar-refractivity contribution < 1.29 is 17.4 Å². The highest BCUT2D eigenvalue weighted by Crippen LogP contribution is 2.64. The van der Waals surface area contributed by atoms with Gasteiger partial charge in [-0.15, -0.1) is 0 Å². The number of nitrogens with two attached hydrogens (primary N) is 1. The lowest BCUT2D eigenvalue weighted by atomic mass is 9.70. The predicted molar refractivity (Wildman–Crippen MR) is 79.0 cm³/mol. The lowest BCUT2D eigenvalue weighted by Crippen LogP contribution is -2.43. The van der Waals surface area contributed by atoms with Gasteiger partial charge < -0.3 is 5.73 Å². The number of rotatable bonds is 4. The zero-order valence-electron chi connectivity index (χ0n) is 12.8. The molecule has 0 spiro atoms. The van der Waals surface area contributed by atoms with Crippen molar-refractivity contribution in [3.63, 3.8) is 0 Å². The molecule has 5 nitrogen and oxygen atoms in total. The highest BCUT2D eigenvalue weighted by atomic mass is 32.2. The van der Waals surface area contributed by atoms with Gasteiger partial charge in [0.15, 0.2) is 0 Å². The fraction of sp³-hybridized carbons (Fsp3) is 0.933. The van der Waals surface area contributed by atoms with Gasteiger partial charge in [0, 0.05) is 12.5 Å². The summed E-state index contributed by atoms with van der Waals surface area (Å²) < 4.78 is 30.3. The fourth-order valence-corrected chi connectivity index (χ4v) is 6.65. The zero-order chi connectivity index (χ0) is 15.5. The lowest BCUT2D eigenvalue weighted by Gasteiger charge is -2.36. The summed E-state index contributed by atoms with van der Waals surface area (Å²) in [6.45, 7) is 4.08. The molecule has 120 valence electrons. The maximum atomic E-state index is 12.4. The Balaban J connectivity index is 1.77. The van der Waals surface area contributed by atoms with E-state index in [9.17, 15) is 13.2 Å². The van der Waals surface area contributed by atoms with Gasteiger partial charge in [0.25, 0.3) is 10.1 Å². The van der Waals surface area contributed by atoms with E-state index in [2.05, 4.69) is 0 Å².